The maximum absolute atomic E-state index is 3.86. The Bertz CT molecular complexity index is 195. The molecule has 0 aromatic carbocycles. The summed E-state index contributed by atoms with van der Waals surface area (Å²) in [6.45, 7) is 17.5. The monoisotopic (exact) mass is 448 g/mol. The molecule has 0 aliphatic rings. The van der Waals surface area contributed by atoms with Crippen LogP contribution in [0.1, 0.15) is 48.0 Å². The Hall–Kier alpha value is 0.332. The standard InChI is InChI=1S/C12H22N.C2H6.U/c1-10(2)7-8-13(6)12(5)9-11(3)4;1-2;/h9H,3,7-8H2,1-2,4-6H3;1-2H3;/q-1;;/b12-9-;;. The Kier molecular flexibility index (Phi) is 18.1. The molecule has 0 rings (SSSR count). The molecule has 0 unspecified atom stereocenters. The minimum atomic E-state index is 0. The quantitative estimate of drug-likeness (QED) is 0.445. The topological polar surface area (TPSA) is 3.24 Å². The Balaban J connectivity index is -0.000000529. The average Bonchev–Trinajstić information content (AvgIpc) is 2.16. The first-order chi connectivity index (χ1) is 6.93. The molecule has 0 radical (unpaired) electrons. The van der Waals surface area contributed by atoms with Crippen molar-refractivity contribution in [2.24, 2.45) is 0 Å². The number of rotatable bonds is 5. The minimum absolute atomic E-state index is 0. The molecule has 0 aliphatic carbocycles. The van der Waals surface area contributed by atoms with Gasteiger partial charge in [0.25, 0.3) is 0 Å². The van der Waals surface area contributed by atoms with Gasteiger partial charge in [-0.25, -0.2) is 0 Å². The average molecular weight is 448 g/mol. The van der Waals surface area contributed by atoms with Crippen LogP contribution < -0.4 is 0 Å². The van der Waals surface area contributed by atoms with Crippen LogP contribution in [-0.4, -0.2) is 18.5 Å². The van der Waals surface area contributed by atoms with Crippen molar-refractivity contribution < 1.29 is 31.1 Å². The third kappa shape index (κ3) is 14.3. The number of allylic oxidation sites excluding steroid dienone is 3. The van der Waals surface area contributed by atoms with E-state index >= 15 is 0 Å². The summed E-state index contributed by atoms with van der Waals surface area (Å²) in [6.07, 6.45) is 3.28. The van der Waals surface area contributed by atoms with Gasteiger partial charge in [0.2, 0.25) is 0 Å². The van der Waals surface area contributed by atoms with Crippen LogP contribution in [0, 0.1) is 37.0 Å². The second-order valence-electron chi connectivity index (χ2n) is 4.01. The van der Waals surface area contributed by atoms with Gasteiger partial charge in [0.1, 0.15) is 0 Å². The summed E-state index contributed by atoms with van der Waals surface area (Å²) in [5.41, 5.74) is 2.40. The molecule has 0 fully saturated rings. The molecule has 0 heterocycles. The van der Waals surface area contributed by atoms with Crippen LogP contribution in [0.4, 0.5) is 0 Å². The van der Waals surface area contributed by atoms with E-state index in [4.69, 9.17) is 0 Å². The molecule has 0 saturated carbocycles. The smallest absolute Gasteiger partial charge is 0.01000 e. The van der Waals surface area contributed by atoms with Gasteiger partial charge in [-0.3, -0.25) is 0 Å². The van der Waals surface area contributed by atoms with Crippen molar-refractivity contribution >= 4 is 0 Å². The molecule has 1 nitrogen and oxygen atoms in total. The van der Waals surface area contributed by atoms with E-state index in [1.165, 1.54) is 11.6 Å². The van der Waals surface area contributed by atoms with Crippen LogP contribution in [0.3, 0.4) is 0 Å². The van der Waals surface area contributed by atoms with E-state index in [0.29, 0.717) is 0 Å². The number of nitrogens with zero attached hydrogens (tertiary/aromatic N) is 1. The molecule has 0 N–H and O–H groups in total. The Morgan fingerprint density at radius 1 is 1.25 bits per heavy atom. The molecular formula is C14H28NU-. The van der Waals surface area contributed by atoms with Crippen LogP contribution in [0.25, 0.3) is 0 Å². The van der Waals surface area contributed by atoms with Crippen molar-refractivity contribution in [3.63, 3.8) is 0 Å². The summed E-state index contributed by atoms with van der Waals surface area (Å²) in [7, 11) is 2.12. The minimum Gasteiger partial charge on any atom is -0.381 e. The van der Waals surface area contributed by atoms with Crippen LogP contribution in [0.15, 0.2) is 23.9 Å². The first-order valence-electron chi connectivity index (χ1n) is 5.77. The van der Waals surface area contributed by atoms with Crippen molar-refractivity contribution in [2.75, 3.05) is 13.6 Å². The maximum Gasteiger partial charge on any atom is 0.01000 e. The predicted molar refractivity (Wildman–Crippen MR) is 71.8 cm³/mol. The number of hydrogen-bond acceptors (Lipinski definition) is 1. The zero-order valence-corrected chi connectivity index (χ0v) is 16.3. The molecule has 0 aliphatic heterocycles. The summed E-state index contributed by atoms with van der Waals surface area (Å²) in [5.74, 6) is 1.48. The van der Waals surface area contributed by atoms with Crippen molar-refractivity contribution in [3.05, 3.63) is 29.8 Å². The van der Waals surface area contributed by atoms with Gasteiger partial charge in [-0.05, 0) is 26.5 Å². The largest absolute Gasteiger partial charge is 0.381 e. The molecule has 0 aromatic rings. The fourth-order valence-corrected chi connectivity index (χ4v) is 1.03. The first kappa shape index (κ1) is 21.6. The van der Waals surface area contributed by atoms with Crippen LogP contribution in [0.5, 0.6) is 0 Å². The summed E-state index contributed by atoms with van der Waals surface area (Å²) >= 11 is 0. The second-order valence-corrected chi connectivity index (χ2v) is 4.01. The van der Waals surface area contributed by atoms with E-state index in [1.807, 2.05) is 20.8 Å². The Morgan fingerprint density at radius 3 is 2.00 bits per heavy atom. The summed E-state index contributed by atoms with van der Waals surface area (Å²) < 4.78 is 0. The van der Waals surface area contributed by atoms with Gasteiger partial charge < -0.3 is 10.8 Å². The van der Waals surface area contributed by atoms with Crippen molar-refractivity contribution in [2.45, 2.75) is 48.0 Å². The van der Waals surface area contributed by atoms with Crippen molar-refractivity contribution in [3.8, 4) is 0 Å². The van der Waals surface area contributed by atoms with E-state index in [9.17, 15) is 0 Å². The second kappa shape index (κ2) is 13.4. The van der Waals surface area contributed by atoms with Gasteiger partial charge >= 0.3 is 0 Å². The molecule has 0 spiro atoms. The molecule has 16 heavy (non-hydrogen) atoms. The molecule has 0 aromatic heterocycles. The van der Waals surface area contributed by atoms with Crippen LogP contribution in [-0.2, 0) is 0 Å². The van der Waals surface area contributed by atoms with Crippen LogP contribution >= 0.6 is 0 Å². The Morgan fingerprint density at radius 2 is 1.69 bits per heavy atom. The first-order valence-corrected chi connectivity index (χ1v) is 5.77. The predicted octanol–water partition coefficient (Wildman–Crippen LogP) is 4.43. The van der Waals surface area contributed by atoms with Crippen LogP contribution in [0.2, 0.25) is 0 Å². The van der Waals surface area contributed by atoms with E-state index in [-0.39, 0.29) is 31.1 Å². The molecule has 0 atom stereocenters. The van der Waals surface area contributed by atoms with E-state index in [2.05, 4.69) is 45.4 Å². The van der Waals surface area contributed by atoms with E-state index in [1.54, 1.807) is 0 Å². The van der Waals surface area contributed by atoms with Gasteiger partial charge in [-0.2, -0.15) is 20.3 Å². The van der Waals surface area contributed by atoms with Gasteiger partial charge in [0.05, 0.1) is 0 Å². The summed E-state index contributed by atoms with van der Waals surface area (Å²) in [6, 6.07) is 0. The molecule has 94 valence electrons. The van der Waals surface area contributed by atoms with Gasteiger partial charge in [0.15, 0.2) is 0 Å². The number of hydrogen-bond donors (Lipinski definition) is 0. The van der Waals surface area contributed by atoms with E-state index in [0.717, 1.165) is 18.5 Å². The van der Waals surface area contributed by atoms with Crippen molar-refractivity contribution in [1.29, 1.82) is 0 Å². The summed E-state index contributed by atoms with van der Waals surface area (Å²) in [5, 5.41) is 0. The molecule has 0 bridgehead atoms. The fourth-order valence-electron chi connectivity index (χ4n) is 1.03. The van der Waals surface area contributed by atoms with Gasteiger partial charge in [-0.15, -0.1) is 0 Å². The third-order valence-electron chi connectivity index (χ3n) is 2.00. The third-order valence-corrected chi connectivity index (χ3v) is 2.00. The maximum atomic E-state index is 3.86. The summed E-state index contributed by atoms with van der Waals surface area (Å²) in [4.78, 5) is 2.27. The van der Waals surface area contributed by atoms with Crippen molar-refractivity contribution in [1.82, 2.24) is 4.90 Å². The molecule has 2 heteroatoms. The SMILES string of the molecule is C=C(C)/C=C(/C)N(C)CC[C-](C)C.CC.[U]. The molecular weight excluding hydrogens is 420 g/mol. The molecule has 0 saturated heterocycles. The molecule has 0 amide bonds. The van der Waals surface area contributed by atoms with Gasteiger partial charge in [-0.1, -0.05) is 26.0 Å². The zero-order valence-electron chi connectivity index (χ0n) is 12.1. The normalized spacial score (nSPS) is 10.1. The Labute approximate surface area is 127 Å². The van der Waals surface area contributed by atoms with Gasteiger partial charge in [0, 0.05) is 43.9 Å². The zero-order chi connectivity index (χ0) is 12.4. The van der Waals surface area contributed by atoms with E-state index < -0.39 is 0 Å². The fraction of sp³-hybridized carbons (Fsp3) is 0.643.